The van der Waals surface area contributed by atoms with Crippen LogP contribution < -0.4 is 0 Å². The van der Waals surface area contributed by atoms with E-state index in [9.17, 15) is 18.0 Å². The van der Waals surface area contributed by atoms with Crippen molar-refractivity contribution in [3.63, 3.8) is 0 Å². The summed E-state index contributed by atoms with van der Waals surface area (Å²) in [5, 5.41) is 0. The third-order valence-electron chi connectivity index (χ3n) is 3.60. The van der Waals surface area contributed by atoms with Crippen LogP contribution in [0.3, 0.4) is 0 Å². The lowest BCUT2D eigenvalue weighted by Gasteiger charge is -1.99. The molecule has 5 nitrogen and oxygen atoms in total. The molecule has 3 aromatic carbocycles. The zero-order valence-electron chi connectivity index (χ0n) is 14.6. The average molecular weight is 382 g/mol. The Morgan fingerprint density at radius 2 is 1.04 bits per heavy atom. The van der Waals surface area contributed by atoms with Crippen LogP contribution >= 0.6 is 0 Å². The minimum atomic E-state index is -4.02. The van der Waals surface area contributed by atoms with Gasteiger partial charge in [-0.25, -0.2) is 0 Å². The van der Waals surface area contributed by atoms with Crippen molar-refractivity contribution in [3.8, 4) is 0 Å². The normalized spacial score (nSPS) is 10.4. The molecule has 0 unspecified atom stereocenters. The number of rotatable bonds is 4. The fraction of sp³-hybridized carbons (Fsp3) is 0.0476. The Hall–Kier alpha value is -3.09. The predicted molar refractivity (Wildman–Crippen MR) is 103 cm³/mol. The number of hydrogen-bond acceptors (Lipinski definition) is 4. The summed E-state index contributed by atoms with van der Waals surface area (Å²) in [5.74, 6) is -0.932. The highest BCUT2D eigenvalue weighted by atomic mass is 32.2. The van der Waals surface area contributed by atoms with Gasteiger partial charge in [0, 0.05) is 11.1 Å². The number of carbonyl (C=O) groups excluding carboxylic acids is 2. The van der Waals surface area contributed by atoms with Crippen LogP contribution in [0.15, 0.2) is 89.8 Å². The van der Waals surface area contributed by atoms with E-state index in [4.69, 9.17) is 4.55 Å². The Balaban J connectivity index is 0.000000208. The van der Waals surface area contributed by atoms with Crippen molar-refractivity contribution in [2.45, 2.75) is 11.8 Å². The van der Waals surface area contributed by atoms with Crippen LogP contribution in [0.4, 0.5) is 0 Å². The molecule has 0 saturated heterocycles. The number of carbonyl (C=O) groups is 2. The molecule has 0 atom stereocenters. The first kappa shape index (κ1) is 20.2. The van der Waals surface area contributed by atoms with Crippen molar-refractivity contribution >= 4 is 21.7 Å². The molecule has 1 N–H and O–H groups in total. The summed E-state index contributed by atoms with van der Waals surface area (Å²) in [6.07, 6.45) is 0. The molecular formula is C21H18O5S. The van der Waals surface area contributed by atoms with Gasteiger partial charge in [-0.3, -0.25) is 14.1 Å². The Labute approximate surface area is 158 Å². The molecule has 0 radical (unpaired) electrons. The lowest BCUT2D eigenvalue weighted by molar-refractivity contribution is 0.0817. The van der Waals surface area contributed by atoms with E-state index in [2.05, 4.69) is 0 Å². The molecule has 6 heteroatoms. The van der Waals surface area contributed by atoms with Gasteiger partial charge in [0.2, 0.25) is 11.6 Å². The Kier molecular flexibility index (Phi) is 6.76. The maximum absolute atomic E-state index is 11.8. The molecule has 0 aliphatic rings. The summed E-state index contributed by atoms with van der Waals surface area (Å²) < 4.78 is 29.6. The van der Waals surface area contributed by atoms with E-state index >= 15 is 0 Å². The van der Waals surface area contributed by atoms with E-state index in [1.54, 1.807) is 60.7 Å². The maximum Gasteiger partial charge on any atom is 0.294 e. The Morgan fingerprint density at radius 3 is 1.37 bits per heavy atom. The lowest BCUT2D eigenvalue weighted by atomic mass is 10.0. The minimum absolute atomic E-state index is 0.0666. The van der Waals surface area contributed by atoms with Gasteiger partial charge in [0.15, 0.2) is 0 Å². The van der Waals surface area contributed by atoms with Crippen molar-refractivity contribution in [2.24, 2.45) is 0 Å². The number of ketones is 2. The molecule has 3 rings (SSSR count). The van der Waals surface area contributed by atoms with Crippen LogP contribution in [0.5, 0.6) is 0 Å². The third-order valence-corrected chi connectivity index (χ3v) is 4.46. The third kappa shape index (κ3) is 5.99. The van der Waals surface area contributed by atoms with Crippen LogP contribution in [-0.4, -0.2) is 24.5 Å². The van der Waals surface area contributed by atoms with Crippen molar-refractivity contribution in [1.29, 1.82) is 0 Å². The molecule has 0 aliphatic carbocycles. The average Bonchev–Trinajstić information content (AvgIpc) is 2.68. The highest BCUT2D eigenvalue weighted by Crippen LogP contribution is 2.09. The van der Waals surface area contributed by atoms with Gasteiger partial charge in [-0.05, 0) is 19.1 Å². The van der Waals surface area contributed by atoms with Crippen molar-refractivity contribution in [3.05, 3.63) is 102 Å². The van der Waals surface area contributed by atoms with Gasteiger partial charge in [-0.2, -0.15) is 8.42 Å². The van der Waals surface area contributed by atoms with Crippen molar-refractivity contribution < 1.29 is 22.6 Å². The first-order valence-electron chi connectivity index (χ1n) is 8.02. The standard InChI is InChI=1S/C14H10O2.C7H8O3S/c15-13(11-7-3-1-4-8-11)14(16)12-9-5-2-6-10-12;1-6-2-4-7(5-3-6)11(8,9)10/h1-10H;2-5H,1H3,(H,8,9,10). The summed E-state index contributed by atoms with van der Waals surface area (Å²) in [5.41, 5.74) is 1.81. The zero-order valence-corrected chi connectivity index (χ0v) is 15.4. The SMILES string of the molecule is Cc1ccc(S(=O)(=O)O)cc1.O=C(C(=O)c1ccccc1)c1ccccc1. The molecule has 27 heavy (non-hydrogen) atoms. The molecule has 0 spiro atoms. The second kappa shape index (κ2) is 9.02. The predicted octanol–water partition coefficient (Wildman–Crippen LogP) is 3.99. The van der Waals surface area contributed by atoms with Crippen molar-refractivity contribution in [2.75, 3.05) is 0 Å². The largest absolute Gasteiger partial charge is 0.294 e. The van der Waals surface area contributed by atoms with E-state index < -0.39 is 21.7 Å². The number of aryl methyl sites for hydroxylation is 1. The molecule has 138 valence electrons. The first-order chi connectivity index (χ1) is 12.8. The number of hydrogen-bond donors (Lipinski definition) is 1. The van der Waals surface area contributed by atoms with E-state index in [-0.39, 0.29) is 4.90 Å². The second-order valence-corrected chi connectivity index (χ2v) is 7.10. The van der Waals surface area contributed by atoms with Gasteiger partial charge < -0.3 is 0 Å². The van der Waals surface area contributed by atoms with Gasteiger partial charge >= 0.3 is 0 Å². The number of Topliss-reactive ketones (excluding diaryl/α,β-unsaturated/α-hetero) is 2. The molecule has 0 aliphatic heterocycles. The van der Waals surface area contributed by atoms with Crippen LogP contribution in [0.1, 0.15) is 26.3 Å². The molecule has 0 bridgehead atoms. The highest BCUT2D eigenvalue weighted by Gasteiger charge is 2.17. The van der Waals surface area contributed by atoms with Crippen LogP contribution in [0.25, 0.3) is 0 Å². The topological polar surface area (TPSA) is 88.5 Å². The summed E-state index contributed by atoms with van der Waals surface area (Å²) in [4.78, 5) is 23.5. The van der Waals surface area contributed by atoms with E-state index in [0.717, 1.165) is 5.56 Å². The maximum atomic E-state index is 11.8. The van der Waals surface area contributed by atoms with Crippen molar-refractivity contribution in [1.82, 2.24) is 0 Å². The molecule has 0 fully saturated rings. The summed E-state index contributed by atoms with van der Waals surface area (Å²) in [6, 6.07) is 23.1. The molecule has 0 amide bonds. The fourth-order valence-electron chi connectivity index (χ4n) is 2.15. The summed E-state index contributed by atoms with van der Waals surface area (Å²) in [6.45, 7) is 1.84. The van der Waals surface area contributed by atoms with Gasteiger partial charge in [-0.15, -0.1) is 0 Å². The van der Waals surface area contributed by atoms with Gasteiger partial charge in [0.1, 0.15) is 0 Å². The van der Waals surface area contributed by atoms with Gasteiger partial charge in [-0.1, -0.05) is 78.4 Å². The van der Waals surface area contributed by atoms with Crippen LogP contribution in [0, 0.1) is 6.92 Å². The first-order valence-corrected chi connectivity index (χ1v) is 9.46. The molecule has 0 saturated carbocycles. The van der Waals surface area contributed by atoms with E-state index in [1.807, 2.05) is 19.1 Å². The van der Waals surface area contributed by atoms with E-state index in [0.29, 0.717) is 11.1 Å². The van der Waals surface area contributed by atoms with Crippen LogP contribution in [-0.2, 0) is 10.1 Å². The monoisotopic (exact) mass is 382 g/mol. The molecule has 3 aromatic rings. The molecule has 0 heterocycles. The zero-order chi connectivity index (χ0) is 19.9. The number of benzene rings is 3. The fourth-order valence-corrected chi connectivity index (χ4v) is 2.63. The Morgan fingerprint density at radius 1 is 0.667 bits per heavy atom. The Bertz CT molecular complexity index is 960. The lowest BCUT2D eigenvalue weighted by Crippen LogP contribution is -2.14. The smallest absolute Gasteiger partial charge is 0.285 e. The van der Waals surface area contributed by atoms with Crippen LogP contribution in [0.2, 0.25) is 0 Å². The van der Waals surface area contributed by atoms with Gasteiger partial charge in [0.25, 0.3) is 10.1 Å². The highest BCUT2D eigenvalue weighted by molar-refractivity contribution is 7.85. The molecular weight excluding hydrogens is 364 g/mol. The minimum Gasteiger partial charge on any atom is -0.285 e. The summed E-state index contributed by atoms with van der Waals surface area (Å²) >= 11 is 0. The molecule has 0 aromatic heterocycles. The second-order valence-electron chi connectivity index (χ2n) is 5.68. The summed E-state index contributed by atoms with van der Waals surface area (Å²) in [7, 11) is -4.02. The van der Waals surface area contributed by atoms with E-state index in [1.165, 1.54) is 12.1 Å². The quantitative estimate of drug-likeness (QED) is 0.419. The van der Waals surface area contributed by atoms with Gasteiger partial charge in [0.05, 0.1) is 4.90 Å².